The van der Waals surface area contributed by atoms with Crippen LogP contribution < -0.4 is 9.80 Å². The summed E-state index contributed by atoms with van der Waals surface area (Å²) in [7, 11) is 8.10. The smallest absolute Gasteiger partial charge is 0.181 e. The fraction of sp³-hybridized carbons (Fsp3) is 0.222. The topological polar surface area (TPSA) is 48.1 Å². The van der Waals surface area contributed by atoms with Gasteiger partial charge in [0.2, 0.25) is 0 Å². The molecule has 5 nitrogen and oxygen atoms in total. The summed E-state index contributed by atoms with van der Waals surface area (Å²) in [6.07, 6.45) is 0. The molecular weight excluding hydrogens is 286 g/mol. The van der Waals surface area contributed by atoms with E-state index < -0.39 is 0 Å². The number of rotatable bonds is 4. The second-order valence-electron chi connectivity index (χ2n) is 5.89. The molecule has 0 saturated heterocycles. The Kier molecular flexibility index (Phi) is 4.02. The standard InChI is InChI=1S/C18H21N5/c1-22(2)15-9-5-13(6-10-15)17-19-18(21-20-17)14-7-11-16(12-8-14)23(3)4/h5-12H,1-4H3,(H,19,20,21). The molecule has 0 saturated carbocycles. The highest BCUT2D eigenvalue weighted by molar-refractivity contribution is 5.65. The maximum absolute atomic E-state index is 4.61. The molecule has 0 aliphatic heterocycles. The van der Waals surface area contributed by atoms with E-state index in [1.807, 2.05) is 40.3 Å². The van der Waals surface area contributed by atoms with Crippen LogP contribution in [-0.4, -0.2) is 43.4 Å². The third-order valence-electron chi connectivity index (χ3n) is 3.78. The average molecular weight is 307 g/mol. The minimum absolute atomic E-state index is 0.710. The Balaban J connectivity index is 1.85. The molecule has 2 aromatic carbocycles. The van der Waals surface area contributed by atoms with Crippen LogP contribution in [0, 0.1) is 0 Å². The van der Waals surface area contributed by atoms with E-state index in [0.29, 0.717) is 5.82 Å². The van der Waals surface area contributed by atoms with Crippen molar-refractivity contribution < 1.29 is 0 Å². The van der Waals surface area contributed by atoms with Crippen molar-refractivity contribution in [2.75, 3.05) is 38.0 Å². The van der Waals surface area contributed by atoms with Gasteiger partial charge in [-0.3, -0.25) is 5.10 Å². The number of aromatic nitrogens is 3. The lowest BCUT2D eigenvalue weighted by molar-refractivity contribution is 1.10. The van der Waals surface area contributed by atoms with Crippen LogP contribution in [0.4, 0.5) is 11.4 Å². The molecule has 23 heavy (non-hydrogen) atoms. The molecule has 0 bridgehead atoms. The van der Waals surface area contributed by atoms with E-state index in [1.54, 1.807) is 0 Å². The molecule has 118 valence electrons. The Labute approximate surface area is 136 Å². The quantitative estimate of drug-likeness (QED) is 0.803. The Morgan fingerprint density at radius 1 is 0.696 bits per heavy atom. The monoisotopic (exact) mass is 307 g/mol. The van der Waals surface area contributed by atoms with Crippen LogP contribution in [0.25, 0.3) is 22.8 Å². The molecule has 0 aliphatic rings. The van der Waals surface area contributed by atoms with Crippen molar-refractivity contribution in [2.24, 2.45) is 0 Å². The van der Waals surface area contributed by atoms with E-state index in [-0.39, 0.29) is 0 Å². The zero-order chi connectivity index (χ0) is 16.4. The van der Waals surface area contributed by atoms with Crippen molar-refractivity contribution in [1.29, 1.82) is 0 Å². The van der Waals surface area contributed by atoms with Crippen LogP contribution in [0.3, 0.4) is 0 Å². The fourth-order valence-electron chi connectivity index (χ4n) is 2.35. The summed E-state index contributed by atoms with van der Waals surface area (Å²) in [5.74, 6) is 1.49. The molecule has 3 aromatic rings. The largest absolute Gasteiger partial charge is 0.378 e. The summed E-state index contributed by atoms with van der Waals surface area (Å²) in [4.78, 5) is 8.75. The van der Waals surface area contributed by atoms with Gasteiger partial charge in [-0.25, -0.2) is 4.98 Å². The predicted octanol–water partition coefficient (Wildman–Crippen LogP) is 3.27. The van der Waals surface area contributed by atoms with E-state index in [9.17, 15) is 0 Å². The number of hydrogen-bond acceptors (Lipinski definition) is 4. The number of nitrogens with one attached hydrogen (secondary N) is 1. The van der Waals surface area contributed by atoms with Crippen LogP contribution in [0.2, 0.25) is 0 Å². The van der Waals surface area contributed by atoms with E-state index in [1.165, 1.54) is 0 Å². The number of nitrogens with zero attached hydrogens (tertiary/aromatic N) is 4. The molecule has 0 atom stereocenters. The Morgan fingerprint density at radius 3 is 1.65 bits per heavy atom. The Bertz CT molecular complexity index is 704. The van der Waals surface area contributed by atoms with Crippen molar-refractivity contribution in [3.8, 4) is 22.8 Å². The highest BCUT2D eigenvalue weighted by Gasteiger charge is 2.08. The van der Waals surface area contributed by atoms with Gasteiger partial charge >= 0.3 is 0 Å². The van der Waals surface area contributed by atoms with Gasteiger partial charge in [-0.15, -0.1) is 0 Å². The lowest BCUT2D eigenvalue weighted by Crippen LogP contribution is -2.07. The third-order valence-corrected chi connectivity index (χ3v) is 3.78. The van der Waals surface area contributed by atoms with Crippen molar-refractivity contribution in [1.82, 2.24) is 15.2 Å². The Hall–Kier alpha value is -2.82. The molecule has 1 heterocycles. The highest BCUT2D eigenvalue weighted by atomic mass is 15.2. The molecule has 5 heteroatoms. The van der Waals surface area contributed by atoms with Gasteiger partial charge in [0.15, 0.2) is 11.6 Å². The Morgan fingerprint density at radius 2 is 1.17 bits per heavy atom. The zero-order valence-corrected chi connectivity index (χ0v) is 13.9. The molecule has 1 aromatic heterocycles. The van der Waals surface area contributed by atoms with Gasteiger partial charge in [0.1, 0.15) is 0 Å². The SMILES string of the molecule is CN(C)c1ccc(-c2n[nH]c(-c3ccc(N(C)C)cc3)n2)cc1. The first-order chi connectivity index (χ1) is 11.0. The summed E-state index contributed by atoms with van der Waals surface area (Å²) >= 11 is 0. The average Bonchev–Trinajstić information content (AvgIpc) is 3.05. The summed E-state index contributed by atoms with van der Waals surface area (Å²) in [5.41, 5.74) is 4.35. The summed E-state index contributed by atoms with van der Waals surface area (Å²) in [6.45, 7) is 0. The maximum Gasteiger partial charge on any atom is 0.181 e. The van der Waals surface area contributed by atoms with E-state index >= 15 is 0 Å². The summed E-state index contributed by atoms with van der Waals surface area (Å²) < 4.78 is 0. The molecular formula is C18H21N5. The molecule has 3 rings (SSSR count). The highest BCUT2D eigenvalue weighted by Crippen LogP contribution is 2.23. The normalized spacial score (nSPS) is 10.6. The van der Waals surface area contributed by atoms with Gasteiger partial charge in [-0.05, 0) is 48.5 Å². The van der Waals surface area contributed by atoms with Crippen LogP contribution >= 0.6 is 0 Å². The van der Waals surface area contributed by atoms with Gasteiger partial charge in [-0.2, -0.15) is 5.10 Å². The van der Waals surface area contributed by atoms with Crippen molar-refractivity contribution in [3.63, 3.8) is 0 Å². The first-order valence-corrected chi connectivity index (χ1v) is 7.52. The van der Waals surface area contributed by atoms with Crippen molar-refractivity contribution in [3.05, 3.63) is 48.5 Å². The number of anilines is 2. The predicted molar refractivity (Wildman–Crippen MR) is 95.9 cm³/mol. The van der Waals surface area contributed by atoms with Crippen LogP contribution in [-0.2, 0) is 0 Å². The molecule has 1 N–H and O–H groups in total. The summed E-state index contributed by atoms with van der Waals surface area (Å²) in [5, 5.41) is 7.36. The molecule has 0 unspecified atom stereocenters. The van der Waals surface area contributed by atoms with Gasteiger partial charge in [-0.1, -0.05) is 0 Å². The lowest BCUT2D eigenvalue weighted by atomic mass is 10.2. The second-order valence-corrected chi connectivity index (χ2v) is 5.89. The third kappa shape index (κ3) is 3.18. The second kappa shape index (κ2) is 6.12. The van der Waals surface area contributed by atoms with Gasteiger partial charge in [0.05, 0.1) is 0 Å². The van der Waals surface area contributed by atoms with Crippen molar-refractivity contribution in [2.45, 2.75) is 0 Å². The number of hydrogen-bond donors (Lipinski definition) is 1. The molecule has 0 fully saturated rings. The fourth-order valence-corrected chi connectivity index (χ4v) is 2.35. The number of benzene rings is 2. The molecule has 0 spiro atoms. The van der Waals surface area contributed by atoms with Crippen molar-refractivity contribution >= 4 is 11.4 Å². The van der Waals surface area contributed by atoms with Crippen LogP contribution in [0.5, 0.6) is 0 Å². The zero-order valence-electron chi connectivity index (χ0n) is 13.9. The van der Waals surface area contributed by atoms with Crippen LogP contribution in [0.1, 0.15) is 0 Å². The minimum Gasteiger partial charge on any atom is -0.378 e. The number of aromatic amines is 1. The molecule has 0 aliphatic carbocycles. The first-order valence-electron chi connectivity index (χ1n) is 7.52. The van der Waals surface area contributed by atoms with Crippen LogP contribution in [0.15, 0.2) is 48.5 Å². The molecule has 0 amide bonds. The molecule has 0 radical (unpaired) electrons. The van der Waals surface area contributed by atoms with E-state index in [2.05, 4.69) is 61.4 Å². The van der Waals surface area contributed by atoms with E-state index in [0.717, 1.165) is 28.3 Å². The summed E-state index contributed by atoms with van der Waals surface area (Å²) in [6, 6.07) is 16.5. The minimum atomic E-state index is 0.710. The lowest BCUT2D eigenvalue weighted by Gasteiger charge is -2.12. The number of H-pyrrole nitrogens is 1. The van der Waals surface area contributed by atoms with Gasteiger partial charge in [0, 0.05) is 50.7 Å². The maximum atomic E-state index is 4.61. The first kappa shape index (κ1) is 15.1. The van der Waals surface area contributed by atoms with Gasteiger partial charge < -0.3 is 9.80 Å². The van der Waals surface area contributed by atoms with Gasteiger partial charge in [0.25, 0.3) is 0 Å². The van der Waals surface area contributed by atoms with E-state index in [4.69, 9.17) is 0 Å².